The smallest absolute Gasteiger partial charge is 0.225 e. The van der Waals surface area contributed by atoms with Crippen molar-refractivity contribution in [3.8, 4) is 0 Å². The number of nitrogens with one attached hydrogen (secondary N) is 1. The number of hydrogen-bond acceptors (Lipinski definition) is 7. The Kier molecular flexibility index (Phi) is 4.04. The summed E-state index contributed by atoms with van der Waals surface area (Å²) in [5, 5.41) is 4.18. The van der Waals surface area contributed by atoms with Crippen molar-refractivity contribution in [1.82, 2.24) is 19.5 Å². The predicted octanol–water partition coefficient (Wildman–Crippen LogP) is 1.37. The van der Waals surface area contributed by atoms with Crippen LogP contribution in [0.4, 0.5) is 16.2 Å². The minimum absolute atomic E-state index is 0.327. The Morgan fingerprint density at radius 1 is 1.26 bits per heavy atom. The topological polar surface area (TPSA) is 68.1 Å². The van der Waals surface area contributed by atoms with Gasteiger partial charge in [0, 0.05) is 31.6 Å². The average Bonchev–Trinajstić information content (AvgIpc) is 3.16. The maximum Gasteiger partial charge on any atom is 0.225 e. The largest absolute Gasteiger partial charge is 0.378 e. The molecule has 0 atom stereocenters. The molecular formula is C14H17FN6OS. The second kappa shape index (κ2) is 6.32. The van der Waals surface area contributed by atoms with Gasteiger partial charge < -0.3 is 19.5 Å². The van der Waals surface area contributed by atoms with Crippen molar-refractivity contribution < 1.29 is 9.13 Å². The summed E-state index contributed by atoms with van der Waals surface area (Å²) in [6.45, 7) is 3.97. The van der Waals surface area contributed by atoms with Gasteiger partial charge in [-0.2, -0.15) is 4.98 Å². The zero-order chi connectivity index (χ0) is 15.6. The summed E-state index contributed by atoms with van der Waals surface area (Å²) in [4.78, 5) is 14.7. The fourth-order valence-corrected chi connectivity index (χ4v) is 3.62. The zero-order valence-corrected chi connectivity index (χ0v) is 13.4. The first-order chi connectivity index (χ1) is 11.3. The summed E-state index contributed by atoms with van der Waals surface area (Å²) in [7, 11) is 0. The van der Waals surface area contributed by atoms with Crippen LogP contribution in [0.1, 0.15) is 5.69 Å². The first-order valence-corrected chi connectivity index (χ1v) is 8.56. The summed E-state index contributed by atoms with van der Waals surface area (Å²) in [6.07, 6.45) is 3.25. The quantitative estimate of drug-likeness (QED) is 0.904. The monoisotopic (exact) mass is 336 g/mol. The molecule has 4 heterocycles. The number of ether oxygens (including phenoxy) is 1. The molecule has 0 amide bonds. The third-order valence-corrected chi connectivity index (χ3v) is 4.79. The SMILES string of the molecule is Fc1cnc(NCc2cn3c(n2)SCC3)nc1N1CCOCC1. The molecule has 1 saturated heterocycles. The average molecular weight is 336 g/mol. The van der Waals surface area contributed by atoms with Gasteiger partial charge in [-0.3, -0.25) is 0 Å². The van der Waals surface area contributed by atoms with E-state index in [2.05, 4.69) is 24.8 Å². The Morgan fingerprint density at radius 2 is 2.13 bits per heavy atom. The Morgan fingerprint density at radius 3 is 2.96 bits per heavy atom. The first-order valence-electron chi connectivity index (χ1n) is 7.57. The molecule has 2 aromatic heterocycles. The second-order valence-corrected chi connectivity index (χ2v) is 6.44. The second-order valence-electron chi connectivity index (χ2n) is 5.37. The predicted molar refractivity (Wildman–Crippen MR) is 85.3 cm³/mol. The molecule has 1 N–H and O–H groups in total. The lowest BCUT2D eigenvalue weighted by molar-refractivity contribution is 0.122. The maximum atomic E-state index is 14.0. The molecule has 0 radical (unpaired) electrons. The number of hydrogen-bond donors (Lipinski definition) is 1. The van der Waals surface area contributed by atoms with Crippen molar-refractivity contribution in [3.05, 3.63) is 23.9 Å². The van der Waals surface area contributed by atoms with Crippen molar-refractivity contribution in [2.24, 2.45) is 0 Å². The molecule has 0 aromatic carbocycles. The van der Waals surface area contributed by atoms with Crippen molar-refractivity contribution in [2.75, 3.05) is 42.3 Å². The zero-order valence-electron chi connectivity index (χ0n) is 12.5. The number of aryl methyl sites for hydroxylation is 1. The fourth-order valence-electron chi connectivity index (χ4n) is 2.66. The highest BCUT2D eigenvalue weighted by Crippen LogP contribution is 2.25. The minimum Gasteiger partial charge on any atom is -0.378 e. The molecule has 0 saturated carbocycles. The van der Waals surface area contributed by atoms with Crippen molar-refractivity contribution in [1.29, 1.82) is 0 Å². The maximum absolute atomic E-state index is 14.0. The van der Waals surface area contributed by atoms with Crippen LogP contribution in [0.15, 0.2) is 17.6 Å². The van der Waals surface area contributed by atoms with E-state index >= 15 is 0 Å². The Labute approximate surface area is 137 Å². The number of halogens is 1. The van der Waals surface area contributed by atoms with Gasteiger partial charge in [0.15, 0.2) is 16.8 Å². The molecule has 0 bridgehead atoms. The number of morpholine rings is 1. The van der Waals surface area contributed by atoms with Gasteiger partial charge in [-0.25, -0.2) is 14.4 Å². The lowest BCUT2D eigenvalue weighted by atomic mass is 10.4. The van der Waals surface area contributed by atoms with Gasteiger partial charge >= 0.3 is 0 Å². The summed E-state index contributed by atoms with van der Waals surface area (Å²) in [5.41, 5.74) is 0.938. The number of nitrogens with zero attached hydrogens (tertiary/aromatic N) is 5. The van der Waals surface area contributed by atoms with E-state index in [0.717, 1.165) is 23.1 Å². The van der Waals surface area contributed by atoms with Gasteiger partial charge in [0.1, 0.15) is 0 Å². The Hall–Kier alpha value is -1.87. The van der Waals surface area contributed by atoms with E-state index in [1.54, 1.807) is 11.8 Å². The van der Waals surface area contributed by atoms with E-state index < -0.39 is 5.82 Å². The number of imidazole rings is 1. The Bertz CT molecular complexity index is 681. The van der Waals surface area contributed by atoms with Crippen LogP contribution < -0.4 is 10.2 Å². The number of rotatable bonds is 4. The molecule has 122 valence electrons. The van der Waals surface area contributed by atoms with Crippen LogP contribution in [0, 0.1) is 5.82 Å². The normalized spacial score (nSPS) is 17.3. The van der Waals surface area contributed by atoms with Crippen molar-refractivity contribution >= 4 is 23.5 Å². The van der Waals surface area contributed by atoms with E-state index in [0.29, 0.717) is 44.6 Å². The van der Waals surface area contributed by atoms with E-state index in [4.69, 9.17) is 4.74 Å². The third-order valence-electron chi connectivity index (χ3n) is 3.82. The first kappa shape index (κ1) is 14.7. The molecule has 1 fully saturated rings. The molecule has 2 aliphatic heterocycles. The number of fused-ring (bicyclic) bond motifs is 1. The number of aromatic nitrogens is 4. The summed E-state index contributed by atoms with van der Waals surface area (Å²) < 4.78 is 21.4. The molecule has 2 aromatic rings. The molecule has 4 rings (SSSR count). The molecule has 0 spiro atoms. The van der Waals surface area contributed by atoms with Crippen LogP contribution in [-0.2, 0) is 17.8 Å². The summed E-state index contributed by atoms with van der Waals surface area (Å²) in [6, 6.07) is 0. The molecule has 0 aliphatic carbocycles. The van der Waals surface area contributed by atoms with E-state index in [-0.39, 0.29) is 0 Å². The standard InChI is InChI=1S/C14H17FN6OS/c15-11-8-17-13(19-12(11)20-1-4-22-5-2-20)16-7-10-9-21-3-6-23-14(21)18-10/h8-9H,1-7H2,(H,16,17,19). The highest BCUT2D eigenvalue weighted by molar-refractivity contribution is 7.99. The van der Waals surface area contributed by atoms with E-state index in [1.807, 2.05) is 11.1 Å². The number of thioether (sulfide) groups is 1. The Balaban J connectivity index is 1.45. The highest BCUT2D eigenvalue weighted by atomic mass is 32.2. The lowest BCUT2D eigenvalue weighted by Gasteiger charge is -2.28. The lowest BCUT2D eigenvalue weighted by Crippen LogP contribution is -2.37. The molecule has 9 heteroatoms. The van der Waals surface area contributed by atoms with Crippen molar-refractivity contribution in [3.63, 3.8) is 0 Å². The van der Waals surface area contributed by atoms with Gasteiger partial charge in [-0.15, -0.1) is 0 Å². The van der Waals surface area contributed by atoms with Crippen LogP contribution in [0.25, 0.3) is 0 Å². The third kappa shape index (κ3) is 3.11. The van der Waals surface area contributed by atoms with Crippen LogP contribution in [0.5, 0.6) is 0 Å². The van der Waals surface area contributed by atoms with Gasteiger partial charge in [0.25, 0.3) is 0 Å². The fraction of sp³-hybridized carbons (Fsp3) is 0.500. The van der Waals surface area contributed by atoms with Gasteiger partial charge in [-0.05, 0) is 0 Å². The van der Waals surface area contributed by atoms with E-state index in [1.165, 1.54) is 6.20 Å². The van der Waals surface area contributed by atoms with Gasteiger partial charge in [0.2, 0.25) is 5.95 Å². The van der Waals surface area contributed by atoms with Crippen LogP contribution in [-0.4, -0.2) is 51.6 Å². The van der Waals surface area contributed by atoms with Crippen LogP contribution in [0.2, 0.25) is 0 Å². The molecular weight excluding hydrogens is 319 g/mol. The molecule has 7 nitrogen and oxygen atoms in total. The summed E-state index contributed by atoms with van der Waals surface area (Å²) in [5.74, 6) is 1.41. The van der Waals surface area contributed by atoms with E-state index in [9.17, 15) is 4.39 Å². The highest BCUT2D eigenvalue weighted by Gasteiger charge is 2.18. The number of anilines is 2. The molecule has 23 heavy (non-hydrogen) atoms. The van der Waals surface area contributed by atoms with Gasteiger partial charge in [-0.1, -0.05) is 11.8 Å². The minimum atomic E-state index is -0.408. The van der Waals surface area contributed by atoms with Crippen LogP contribution in [0.3, 0.4) is 0 Å². The molecule has 0 unspecified atom stereocenters. The van der Waals surface area contributed by atoms with Crippen molar-refractivity contribution in [2.45, 2.75) is 18.2 Å². The molecule has 2 aliphatic rings. The summed E-state index contributed by atoms with van der Waals surface area (Å²) >= 11 is 1.76. The van der Waals surface area contributed by atoms with Gasteiger partial charge in [0.05, 0.1) is 31.6 Å². The van der Waals surface area contributed by atoms with Crippen LogP contribution >= 0.6 is 11.8 Å².